The first-order chi connectivity index (χ1) is 9.81. The number of halogens is 1. The molecule has 0 aliphatic carbocycles. The number of hydrogen-bond acceptors (Lipinski definition) is 3. The van der Waals surface area contributed by atoms with Gasteiger partial charge in [-0.05, 0) is 44.4 Å². The van der Waals surface area contributed by atoms with Gasteiger partial charge < -0.3 is 4.90 Å². The fourth-order valence-electron chi connectivity index (χ4n) is 2.30. The molecule has 1 aliphatic heterocycles. The number of hydrogen-bond donors (Lipinski definition) is 1. The highest BCUT2D eigenvalue weighted by atomic mass is 35.5. The van der Waals surface area contributed by atoms with E-state index in [4.69, 9.17) is 11.6 Å². The maximum absolute atomic E-state index is 12.3. The van der Waals surface area contributed by atoms with Gasteiger partial charge in [-0.15, -0.1) is 0 Å². The van der Waals surface area contributed by atoms with Gasteiger partial charge in [0.25, 0.3) is 0 Å². The average molecular weight is 331 g/mol. The van der Waals surface area contributed by atoms with Crippen LogP contribution in [0.2, 0.25) is 5.02 Å². The maximum atomic E-state index is 12.3. The van der Waals surface area contributed by atoms with Gasteiger partial charge in [-0.2, -0.15) is 4.72 Å². The molecule has 21 heavy (non-hydrogen) atoms. The zero-order valence-corrected chi connectivity index (χ0v) is 13.7. The van der Waals surface area contributed by atoms with Crippen LogP contribution in [0.4, 0.5) is 0 Å². The van der Waals surface area contributed by atoms with Crippen molar-refractivity contribution in [2.75, 3.05) is 13.1 Å². The van der Waals surface area contributed by atoms with E-state index in [2.05, 4.69) is 4.72 Å². The van der Waals surface area contributed by atoms with Crippen LogP contribution in [0, 0.1) is 6.92 Å². The lowest BCUT2D eigenvalue weighted by molar-refractivity contribution is -0.131. The van der Waals surface area contributed by atoms with E-state index in [-0.39, 0.29) is 10.8 Å². The van der Waals surface area contributed by atoms with Crippen LogP contribution in [0.5, 0.6) is 0 Å². The third-order valence-electron chi connectivity index (χ3n) is 3.57. The molecule has 7 heteroatoms. The SMILES string of the molecule is Cc1ccc(S(=O)(=O)N[C@@H](C)C(=O)N2CCCC2)cc1Cl. The van der Waals surface area contributed by atoms with E-state index in [1.807, 2.05) is 0 Å². The molecule has 116 valence electrons. The molecule has 1 atom stereocenters. The van der Waals surface area contributed by atoms with Gasteiger partial charge in [0.05, 0.1) is 10.9 Å². The Morgan fingerprint density at radius 3 is 2.52 bits per heavy atom. The van der Waals surface area contributed by atoms with Crippen LogP contribution >= 0.6 is 11.6 Å². The quantitative estimate of drug-likeness (QED) is 0.917. The summed E-state index contributed by atoms with van der Waals surface area (Å²) in [5.41, 5.74) is 0.803. The highest BCUT2D eigenvalue weighted by Gasteiger charge is 2.27. The molecule has 0 spiro atoms. The number of sulfonamides is 1. The molecule has 1 saturated heterocycles. The standard InChI is InChI=1S/C14H19ClN2O3S/c1-10-5-6-12(9-13(10)15)21(19,20)16-11(2)14(18)17-7-3-4-8-17/h5-6,9,11,16H,3-4,7-8H2,1-2H3/t11-/m0/s1. The van der Waals surface area contributed by atoms with Crippen molar-refractivity contribution in [1.29, 1.82) is 0 Å². The molecule has 0 bridgehead atoms. The molecular formula is C14H19ClN2O3S. The highest BCUT2D eigenvalue weighted by molar-refractivity contribution is 7.89. The van der Waals surface area contributed by atoms with Crippen LogP contribution in [0.25, 0.3) is 0 Å². The average Bonchev–Trinajstić information content (AvgIpc) is 2.94. The van der Waals surface area contributed by atoms with Gasteiger partial charge in [0, 0.05) is 18.1 Å². The second kappa shape index (κ2) is 6.34. The summed E-state index contributed by atoms with van der Waals surface area (Å²) in [5.74, 6) is -0.186. The number of nitrogens with one attached hydrogen (secondary N) is 1. The van der Waals surface area contributed by atoms with E-state index in [9.17, 15) is 13.2 Å². The summed E-state index contributed by atoms with van der Waals surface area (Å²) in [6.45, 7) is 4.75. The van der Waals surface area contributed by atoms with Crippen molar-refractivity contribution in [3.8, 4) is 0 Å². The molecule has 0 unspecified atom stereocenters. The van der Waals surface area contributed by atoms with Crippen LogP contribution in [0.3, 0.4) is 0 Å². The van der Waals surface area contributed by atoms with Crippen LogP contribution in [0.15, 0.2) is 23.1 Å². The molecule has 5 nitrogen and oxygen atoms in total. The predicted molar refractivity (Wildman–Crippen MR) is 81.8 cm³/mol. The Hall–Kier alpha value is -1.11. The Kier molecular flexibility index (Phi) is 4.91. The summed E-state index contributed by atoms with van der Waals surface area (Å²) in [4.78, 5) is 13.9. The predicted octanol–water partition coefficient (Wildman–Crippen LogP) is 1.94. The third-order valence-corrected chi connectivity index (χ3v) is 5.52. The third kappa shape index (κ3) is 3.75. The van der Waals surface area contributed by atoms with Crippen LogP contribution in [-0.4, -0.2) is 38.4 Å². The normalized spacial score (nSPS) is 17.0. The van der Waals surface area contributed by atoms with Crippen molar-refractivity contribution in [1.82, 2.24) is 9.62 Å². The summed E-state index contributed by atoms with van der Waals surface area (Å²) in [6, 6.07) is 3.74. The largest absolute Gasteiger partial charge is 0.341 e. The highest BCUT2D eigenvalue weighted by Crippen LogP contribution is 2.20. The minimum absolute atomic E-state index is 0.0687. The van der Waals surface area contributed by atoms with E-state index in [1.165, 1.54) is 12.1 Å². The van der Waals surface area contributed by atoms with Crippen molar-refractivity contribution in [2.24, 2.45) is 0 Å². The monoisotopic (exact) mass is 330 g/mol. The van der Waals surface area contributed by atoms with Crippen LogP contribution in [-0.2, 0) is 14.8 Å². The molecule has 1 amide bonds. The minimum Gasteiger partial charge on any atom is -0.341 e. The van der Waals surface area contributed by atoms with E-state index in [0.717, 1.165) is 18.4 Å². The Labute approximate surface area is 130 Å². The van der Waals surface area contributed by atoms with Crippen molar-refractivity contribution < 1.29 is 13.2 Å². The van der Waals surface area contributed by atoms with Crippen molar-refractivity contribution >= 4 is 27.5 Å². The molecule has 1 heterocycles. The number of rotatable bonds is 4. The molecule has 0 saturated carbocycles. The maximum Gasteiger partial charge on any atom is 0.241 e. The lowest BCUT2D eigenvalue weighted by atomic mass is 10.2. The number of carbonyl (C=O) groups excluding carboxylic acids is 1. The topological polar surface area (TPSA) is 66.5 Å². The van der Waals surface area contributed by atoms with Gasteiger partial charge in [-0.1, -0.05) is 17.7 Å². The van der Waals surface area contributed by atoms with Gasteiger partial charge in [-0.25, -0.2) is 8.42 Å². The smallest absolute Gasteiger partial charge is 0.241 e. The Morgan fingerprint density at radius 1 is 1.33 bits per heavy atom. The van der Waals surface area contributed by atoms with E-state index in [0.29, 0.717) is 18.1 Å². The molecule has 1 aromatic rings. The van der Waals surface area contributed by atoms with Crippen molar-refractivity contribution in [3.05, 3.63) is 28.8 Å². The summed E-state index contributed by atoms with van der Waals surface area (Å²) in [6.07, 6.45) is 1.94. The van der Waals surface area contributed by atoms with E-state index >= 15 is 0 Å². The lowest BCUT2D eigenvalue weighted by Gasteiger charge is -2.21. The summed E-state index contributed by atoms with van der Waals surface area (Å²) in [7, 11) is -3.76. The van der Waals surface area contributed by atoms with Crippen LogP contribution < -0.4 is 4.72 Å². The molecule has 1 aliphatic rings. The summed E-state index contributed by atoms with van der Waals surface area (Å²) < 4.78 is 27.0. The summed E-state index contributed by atoms with van der Waals surface area (Å²) >= 11 is 5.96. The Bertz CT molecular complexity index is 640. The number of aryl methyl sites for hydroxylation is 1. The molecule has 1 fully saturated rings. The molecule has 0 aromatic heterocycles. The molecular weight excluding hydrogens is 312 g/mol. The lowest BCUT2D eigenvalue weighted by Crippen LogP contribution is -2.45. The minimum atomic E-state index is -3.76. The van der Waals surface area contributed by atoms with E-state index < -0.39 is 16.1 Å². The first-order valence-electron chi connectivity index (χ1n) is 6.88. The first-order valence-corrected chi connectivity index (χ1v) is 8.74. The Balaban J connectivity index is 2.12. The molecule has 1 aromatic carbocycles. The van der Waals surface area contributed by atoms with E-state index in [1.54, 1.807) is 24.8 Å². The Morgan fingerprint density at radius 2 is 1.95 bits per heavy atom. The number of benzene rings is 1. The second-order valence-electron chi connectivity index (χ2n) is 5.29. The number of carbonyl (C=O) groups is 1. The number of likely N-dealkylation sites (tertiary alicyclic amines) is 1. The molecule has 0 radical (unpaired) electrons. The number of nitrogens with zero attached hydrogens (tertiary/aromatic N) is 1. The van der Waals surface area contributed by atoms with Crippen molar-refractivity contribution in [3.63, 3.8) is 0 Å². The first kappa shape index (κ1) is 16.3. The van der Waals surface area contributed by atoms with Gasteiger partial charge in [0.15, 0.2) is 0 Å². The fourth-order valence-corrected chi connectivity index (χ4v) is 3.77. The molecule has 1 N–H and O–H groups in total. The number of amides is 1. The zero-order chi connectivity index (χ0) is 15.6. The fraction of sp³-hybridized carbons (Fsp3) is 0.500. The zero-order valence-electron chi connectivity index (χ0n) is 12.1. The van der Waals surface area contributed by atoms with Gasteiger partial charge in [-0.3, -0.25) is 4.79 Å². The van der Waals surface area contributed by atoms with Gasteiger partial charge in [0.2, 0.25) is 15.9 Å². The van der Waals surface area contributed by atoms with Gasteiger partial charge >= 0.3 is 0 Å². The van der Waals surface area contributed by atoms with Gasteiger partial charge in [0.1, 0.15) is 0 Å². The summed E-state index contributed by atoms with van der Waals surface area (Å²) in [5, 5.41) is 0.386. The molecule has 2 rings (SSSR count). The van der Waals surface area contributed by atoms with Crippen molar-refractivity contribution in [2.45, 2.75) is 37.6 Å². The second-order valence-corrected chi connectivity index (χ2v) is 7.41. The van der Waals surface area contributed by atoms with Crippen LogP contribution in [0.1, 0.15) is 25.3 Å².